The van der Waals surface area contributed by atoms with Gasteiger partial charge in [0.2, 0.25) is 0 Å². The minimum Gasteiger partial charge on any atom is -0.309 e. The molecule has 0 N–H and O–H groups in total. The lowest BCUT2D eigenvalue weighted by Crippen LogP contribution is -2.17. The van der Waals surface area contributed by atoms with Gasteiger partial charge < -0.3 is 4.90 Å². The molecule has 0 atom stereocenters. The van der Waals surface area contributed by atoms with Gasteiger partial charge in [-0.15, -0.1) is 0 Å². The summed E-state index contributed by atoms with van der Waals surface area (Å²) in [6, 6.07) is 8.66. The van der Waals surface area contributed by atoms with Gasteiger partial charge in [0, 0.05) is 0 Å². The van der Waals surface area contributed by atoms with Crippen LogP contribution in [-0.2, 0) is 0 Å². The Labute approximate surface area is 88.4 Å². The zero-order valence-electron chi connectivity index (χ0n) is 9.46. The monoisotopic (exact) mass is 188 g/mol. The highest BCUT2D eigenvalue weighted by atomic mass is 15.0. The lowest BCUT2D eigenvalue weighted by Gasteiger charge is -2.08. The molecule has 0 spiro atoms. The first-order valence-corrected chi connectivity index (χ1v) is 5.23. The van der Waals surface area contributed by atoms with Crippen LogP contribution in [0.25, 0.3) is 0 Å². The molecule has 0 aliphatic carbocycles. The average Bonchev–Trinajstić information content (AvgIpc) is 2.12. The highest BCUT2D eigenvalue weighted by molar-refractivity contribution is 6.53. The highest BCUT2D eigenvalue weighted by Gasteiger charge is 1.96. The number of rotatable bonds is 5. The van der Waals surface area contributed by atoms with Gasteiger partial charge in [0.05, 0.1) is 0 Å². The van der Waals surface area contributed by atoms with Crippen molar-refractivity contribution in [2.75, 3.05) is 20.6 Å². The maximum atomic E-state index is 2.32. The molecule has 0 saturated heterocycles. The molecule has 75 valence electrons. The molecule has 0 aliphatic heterocycles. The third-order valence-corrected chi connectivity index (χ3v) is 2.23. The molecule has 1 aromatic carbocycles. The maximum absolute atomic E-state index is 2.32. The molecule has 14 heavy (non-hydrogen) atoms. The van der Waals surface area contributed by atoms with Gasteiger partial charge >= 0.3 is 0 Å². The van der Waals surface area contributed by atoms with Crippen molar-refractivity contribution in [1.29, 1.82) is 0 Å². The summed E-state index contributed by atoms with van der Waals surface area (Å²) in [4.78, 5) is 2.23. The number of nitrogens with zero attached hydrogens (tertiary/aromatic N) is 1. The molecular formula is C12H19BN. The zero-order valence-corrected chi connectivity index (χ0v) is 9.46. The van der Waals surface area contributed by atoms with Gasteiger partial charge in [0.1, 0.15) is 0 Å². The lowest BCUT2D eigenvalue weighted by atomic mass is 9.66. The lowest BCUT2D eigenvalue weighted by molar-refractivity contribution is 0.408. The Balaban J connectivity index is 2.25. The van der Waals surface area contributed by atoms with Crippen molar-refractivity contribution >= 4 is 12.7 Å². The van der Waals surface area contributed by atoms with Crippen LogP contribution in [-0.4, -0.2) is 32.8 Å². The van der Waals surface area contributed by atoms with Crippen molar-refractivity contribution in [3.63, 3.8) is 0 Å². The van der Waals surface area contributed by atoms with Crippen molar-refractivity contribution in [2.45, 2.75) is 19.7 Å². The van der Waals surface area contributed by atoms with Crippen molar-refractivity contribution in [2.24, 2.45) is 0 Å². The van der Waals surface area contributed by atoms with Crippen LogP contribution in [0.4, 0.5) is 0 Å². The minimum atomic E-state index is 1.17. The fourth-order valence-corrected chi connectivity index (χ4v) is 1.47. The van der Waals surface area contributed by atoms with Crippen LogP contribution in [0.15, 0.2) is 24.3 Å². The number of hydrogen-bond donors (Lipinski definition) is 0. The molecular weight excluding hydrogens is 169 g/mol. The standard InChI is InChI=1S/C12H19BN/c1-11-6-4-7-12(10-11)13-8-5-9-14(2)3/h4,6-7,10H,5,8-9H2,1-3H3. The van der Waals surface area contributed by atoms with E-state index in [-0.39, 0.29) is 0 Å². The summed E-state index contributed by atoms with van der Waals surface area (Å²) in [6.07, 6.45) is 2.41. The minimum absolute atomic E-state index is 1.17. The smallest absolute Gasteiger partial charge is 0.151 e. The summed E-state index contributed by atoms with van der Waals surface area (Å²) in [5, 5.41) is 0. The normalized spacial score (nSPS) is 10.6. The van der Waals surface area contributed by atoms with Crippen molar-refractivity contribution < 1.29 is 0 Å². The second kappa shape index (κ2) is 5.87. The molecule has 1 rings (SSSR count). The number of aryl methyl sites for hydroxylation is 1. The summed E-state index contributed by atoms with van der Waals surface area (Å²) in [7, 11) is 6.55. The Kier molecular flexibility index (Phi) is 4.74. The average molecular weight is 188 g/mol. The molecule has 0 fully saturated rings. The van der Waals surface area contributed by atoms with Gasteiger partial charge in [-0.1, -0.05) is 41.6 Å². The van der Waals surface area contributed by atoms with Crippen LogP contribution in [0, 0.1) is 6.92 Å². The SMILES string of the molecule is Cc1cccc([B]CCCN(C)C)c1. The molecule has 1 radical (unpaired) electrons. The summed E-state index contributed by atoms with van der Waals surface area (Å²) >= 11 is 0. The molecule has 2 heteroatoms. The second-order valence-electron chi connectivity index (χ2n) is 4.06. The quantitative estimate of drug-likeness (QED) is 0.502. The Morgan fingerprint density at radius 2 is 2.07 bits per heavy atom. The van der Waals surface area contributed by atoms with Gasteiger partial charge in [-0.05, 0) is 34.0 Å². The van der Waals surface area contributed by atoms with Crippen LogP contribution in [0.5, 0.6) is 0 Å². The number of hydrogen-bond acceptors (Lipinski definition) is 1. The third-order valence-electron chi connectivity index (χ3n) is 2.23. The van der Waals surface area contributed by atoms with E-state index < -0.39 is 0 Å². The molecule has 0 heterocycles. The van der Waals surface area contributed by atoms with Crippen LogP contribution in [0.1, 0.15) is 12.0 Å². The van der Waals surface area contributed by atoms with Gasteiger partial charge in [-0.3, -0.25) is 0 Å². The van der Waals surface area contributed by atoms with E-state index in [1.54, 1.807) is 0 Å². The molecule has 1 nitrogen and oxygen atoms in total. The summed E-state index contributed by atoms with van der Waals surface area (Å²) < 4.78 is 0. The summed E-state index contributed by atoms with van der Waals surface area (Å²) in [5.74, 6) is 0. The third kappa shape index (κ3) is 4.47. The predicted molar refractivity (Wildman–Crippen MR) is 64.5 cm³/mol. The van der Waals surface area contributed by atoms with Gasteiger partial charge in [-0.2, -0.15) is 0 Å². The van der Waals surface area contributed by atoms with E-state index in [2.05, 4.69) is 57.5 Å². The van der Waals surface area contributed by atoms with Crippen LogP contribution in [0.3, 0.4) is 0 Å². The van der Waals surface area contributed by atoms with Crippen LogP contribution >= 0.6 is 0 Å². The van der Waals surface area contributed by atoms with E-state index in [0.29, 0.717) is 0 Å². The molecule has 0 unspecified atom stereocenters. The molecule has 0 saturated carbocycles. The van der Waals surface area contributed by atoms with Gasteiger partial charge in [0.25, 0.3) is 0 Å². The Morgan fingerprint density at radius 1 is 1.29 bits per heavy atom. The first kappa shape index (κ1) is 11.3. The summed E-state index contributed by atoms with van der Waals surface area (Å²) in [5.41, 5.74) is 2.69. The Bertz CT molecular complexity index is 271. The largest absolute Gasteiger partial charge is 0.309 e. The van der Waals surface area contributed by atoms with E-state index in [0.717, 1.165) is 0 Å². The maximum Gasteiger partial charge on any atom is 0.151 e. The number of benzene rings is 1. The topological polar surface area (TPSA) is 3.24 Å². The second-order valence-corrected chi connectivity index (χ2v) is 4.06. The molecule has 0 amide bonds. The van der Waals surface area contributed by atoms with E-state index >= 15 is 0 Å². The fourth-order valence-electron chi connectivity index (χ4n) is 1.47. The van der Waals surface area contributed by atoms with Gasteiger partial charge in [0.15, 0.2) is 7.28 Å². The van der Waals surface area contributed by atoms with Gasteiger partial charge in [-0.25, -0.2) is 0 Å². The summed E-state index contributed by atoms with van der Waals surface area (Å²) in [6.45, 7) is 3.31. The Hall–Kier alpha value is -0.755. The Morgan fingerprint density at radius 3 is 2.71 bits per heavy atom. The highest BCUT2D eigenvalue weighted by Crippen LogP contribution is 1.95. The van der Waals surface area contributed by atoms with Crippen molar-refractivity contribution in [1.82, 2.24) is 4.90 Å². The first-order chi connectivity index (χ1) is 6.68. The van der Waals surface area contributed by atoms with E-state index in [9.17, 15) is 0 Å². The fraction of sp³-hybridized carbons (Fsp3) is 0.500. The molecule has 1 aromatic rings. The predicted octanol–water partition coefficient (Wildman–Crippen LogP) is 1.69. The van der Waals surface area contributed by atoms with Crippen LogP contribution < -0.4 is 5.46 Å². The van der Waals surface area contributed by atoms with E-state index in [1.165, 1.54) is 30.3 Å². The van der Waals surface area contributed by atoms with E-state index in [4.69, 9.17) is 0 Å². The van der Waals surface area contributed by atoms with Crippen molar-refractivity contribution in [3.8, 4) is 0 Å². The molecule has 0 bridgehead atoms. The van der Waals surface area contributed by atoms with Crippen molar-refractivity contribution in [3.05, 3.63) is 29.8 Å². The van der Waals surface area contributed by atoms with E-state index in [1.807, 2.05) is 0 Å². The first-order valence-electron chi connectivity index (χ1n) is 5.23. The molecule has 0 aliphatic rings. The van der Waals surface area contributed by atoms with Crippen LogP contribution in [0.2, 0.25) is 6.32 Å². The zero-order chi connectivity index (χ0) is 10.4. The molecule has 0 aromatic heterocycles.